The van der Waals surface area contributed by atoms with Gasteiger partial charge in [0.2, 0.25) is 0 Å². The van der Waals surface area contributed by atoms with E-state index in [9.17, 15) is 4.79 Å². The average Bonchev–Trinajstić information content (AvgIpc) is 1.81. The highest BCUT2D eigenvalue weighted by molar-refractivity contribution is 5.70. The third kappa shape index (κ3) is 11.4. The predicted octanol–water partition coefficient (Wildman–Crippen LogP) is 2.35. The summed E-state index contributed by atoms with van der Waals surface area (Å²) in [4.78, 5) is 11.2. The lowest BCUT2D eigenvalue weighted by Gasteiger charge is -2.19. The van der Waals surface area contributed by atoms with Crippen molar-refractivity contribution in [2.24, 2.45) is 0 Å². The molecule has 0 radical (unpaired) electrons. The molecule has 0 aromatic carbocycles. The smallest absolute Gasteiger partial charge is 0.307 e. The standard InChI is InChI=1S/C10H21NO2.CH4/c1-8(2)11-7-6-9(12)13-10(3,4)5;/h8,11H,6-7H2,1-5H3;1H4. The van der Waals surface area contributed by atoms with Crippen LogP contribution in [0.2, 0.25) is 0 Å². The fraction of sp³-hybridized carbons (Fsp3) is 0.909. The van der Waals surface area contributed by atoms with Gasteiger partial charge >= 0.3 is 5.97 Å². The molecule has 0 saturated heterocycles. The lowest BCUT2D eigenvalue weighted by molar-refractivity contribution is -0.154. The van der Waals surface area contributed by atoms with E-state index in [0.29, 0.717) is 19.0 Å². The molecule has 3 nitrogen and oxygen atoms in total. The molecule has 0 amide bonds. The number of rotatable bonds is 4. The Balaban J connectivity index is 0. The van der Waals surface area contributed by atoms with E-state index >= 15 is 0 Å². The first kappa shape index (κ1) is 15.9. The summed E-state index contributed by atoms with van der Waals surface area (Å²) in [6.45, 7) is 10.4. The van der Waals surface area contributed by atoms with Crippen LogP contribution in [0.25, 0.3) is 0 Å². The molecule has 0 heterocycles. The van der Waals surface area contributed by atoms with Crippen LogP contribution in [-0.2, 0) is 9.53 Å². The van der Waals surface area contributed by atoms with Crippen molar-refractivity contribution in [1.29, 1.82) is 0 Å². The normalized spacial score (nSPS) is 11.0. The summed E-state index contributed by atoms with van der Waals surface area (Å²) in [5.74, 6) is -0.138. The second-order valence-corrected chi connectivity index (χ2v) is 4.45. The quantitative estimate of drug-likeness (QED) is 0.713. The van der Waals surface area contributed by atoms with E-state index in [-0.39, 0.29) is 19.0 Å². The molecule has 0 aromatic heterocycles. The van der Waals surface area contributed by atoms with Gasteiger partial charge < -0.3 is 10.1 Å². The van der Waals surface area contributed by atoms with Gasteiger partial charge in [0.1, 0.15) is 5.60 Å². The average molecular weight is 203 g/mol. The molecule has 14 heavy (non-hydrogen) atoms. The number of carbonyl (C=O) groups is 1. The minimum atomic E-state index is -0.366. The zero-order valence-electron chi connectivity index (χ0n) is 9.31. The van der Waals surface area contributed by atoms with Crippen LogP contribution >= 0.6 is 0 Å². The Kier molecular flexibility index (Phi) is 7.74. The minimum absolute atomic E-state index is 0. The third-order valence-corrected chi connectivity index (χ3v) is 1.30. The van der Waals surface area contributed by atoms with E-state index < -0.39 is 0 Å². The monoisotopic (exact) mass is 203 g/mol. The maximum atomic E-state index is 11.2. The van der Waals surface area contributed by atoms with Gasteiger partial charge in [0.15, 0.2) is 0 Å². The largest absolute Gasteiger partial charge is 0.460 e. The first-order valence-corrected chi connectivity index (χ1v) is 4.76. The van der Waals surface area contributed by atoms with Gasteiger partial charge in [0.05, 0.1) is 6.42 Å². The van der Waals surface area contributed by atoms with Crippen molar-refractivity contribution in [2.45, 2.75) is 60.1 Å². The van der Waals surface area contributed by atoms with Crippen LogP contribution in [0, 0.1) is 0 Å². The van der Waals surface area contributed by atoms with Crippen molar-refractivity contribution < 1.29 is 9.53 Å². The topological polar surface area (TPSA) is 38.3 Å². The molecule has 0 fully saturated rings. The van der Waals surface area contributed by atoms with Crippen LogP contribution in [0.4, 0.5) is 0 Å². The maximum Gasteiger partial charge on any atom is 0.307 e. The summed E-state index contributed by atoms with van der Waals surface area (Å²) in [5, 5.41) is 3.16. The Morgan fingerprint density at radius 1 is 1.36 bits per heavy atom. The summed E-state index contributed by atoms with van der Waals surface area (Å²) in [6, 6.07) is 0.419. The van der Waals surface area contributed by atoms with Crippen molar-refractivity contribution >= 4 is 5.97 Å². The number of nitrogens with one attached hydrogen (secondary N) is 1. The van der Waals surface area contributed by atoms with E-state index in [1.165, 1.54) is 0 Å². The van der Waals surface area contributed by atoms with Gasteiger partial charge in [-0.05, 0) is 20.8 Å². The van der Waals surface area contributed by atoms with Crippen LogP contribution in [0.1, 0.15) is 48.5 Å². The second kappa shape index (κ2) is 6.82. The Morgan fingerprint density at radius 2 is 1.86 bits per heavy atom. The van der Waals surface area contributed by atoms with E-state index in [4.69, 9.17) is 4.74 Å². The summed E-state index contributed by atoms with van der Waals surface area (Å²) < 4.78 is 5.14. The molecular weight excluding hydrogens is 178 g/mol. The Bertz CT molecular complexity index is 159. The molecule has 0 aliphatic rings. The van der Waals surface area contributed by atoms with Crippen LogP contribution in [0.15, 0.2) is 0 Å². The molecule has 0 aliphatic heterocycles. The molecule has 0 bridgehead atoms. The van der Waals surface area contributed by atoms with Crippen molar-refractivity contribution in [3.63, 3.8) is 0 Å². The van der Waals surface area contributed by atoms with Gasteiger partial charge in [0, 0.05) is 12.6 Å². The zero-order chi connectivity index (χ0) is 10.5. The molecule has 0 unspecified atom stereocenters. The van der Waals surface area contributed by atoms with Gasteiger partial charge in [0.25, 0.3) is 0 Å². The maximum absolute atomic E-state index is 11.2. The highest BCUT2D eigenvalue weighted by atomic mass is 16.6. The number of carbonyl (C=O) groups excluding carboxylic acids is 1. The van der Waals surface area contributed by atoms with Crippen LogP contribution in [0.3, 0.4) is 0 Å². The number of hydrogen-bond donors (Lipinski definition) is 1. The Morgan fingerprint density at radius 3 is 2.21 bits per heavy atom. The summed E-state index contributed by atoms with van der Waals surface area (Å²) in [6.07, 6.45) is 0.440. The molecule has 0 atom stereocenters. The van der Waals surface area contributed by atoms with E-state index in [0.717, 1.165) is 0 Å². The molecular formula is C11H25NO2. The van der Waals surface area contributed by atoms with Crippen LogP contribution < -0.4 is 5.32 Å². The van der Waals surface area contributed by atoms with Gasteiger partial charge in [-0.15, -0.1) is 0 Å². The molecule has 0 rings (SSSR count). The summed E-state index contributed by atoms with van der Waals surface area (Å²) >= 11 is 0. The van der Waals surface area contributed by atoms with Gasteiger partial charge in [-0.2, -0.15) is 0 Å². The van der Waals surface area contributed by atoms with E-state index in [2.05, 4.69) is 19.2 Å². The lowest BCUT2D eigenvalue weighted by atomic mass is 10.2. The predicted molar refractivity (Wildman–Crippen MR) is 60.3 cm³/mol. The van der Waals surface area contributed by atoms with E-state index in [1.807, 2.05) is 20.8 Å². The first-order valence-electron chi connectivity index (χ1n) is 4.76. The van der Waals surface area contributed by atoms with Gasteiger partial charge in [-0.3, -0.25) is 4.79 Å². The fourth-order valence-electron chi connectivity index (χ4n) is 0.855. The van der Waals surface area contributed by atoms with Crippen LogP contribution in [0.5, 0.6) is 0 Å². The fourth-order valence-corrected chi connectivity index (χ4v) is 0.855. The second-order valence-electron chi connectivity index (χ2n) is 4.45. The van der Waals surface area contributed by atoms with Gasteiger partial charge in [-0.25, -0.2) is 0 Å². The third-order valence-electron chi connectivity index (χ3n) is 1.30. The lowest BCUT2D eigenvalue weighted by Crippen LogP contribution is -2.29. The molecule has 0 saturated carbocycles. The van der Waals surface area contributed by atoms with Crippen molar-refractivity contribution in [1.82, 2.24) is 5.32 Å². The number of ether oxygens (including phenoxy) is 1. The highest BCUT2D eigenvalue weighted by Gasteiger charge is 2.15. The minimum Gasteiger partial charge on any atom is -0.460 e. The van der Waals surface area contributed by atoms with E-state index in [1.54, 1.807) is 0 Å². The SMILES string of the molecule is C.CC(C)NCCC(=O)OC(C)(C)C. The summed E-state index contributed by atoms with van der Waals surface area (Å²) in [5.41, 5.74) is -0.366. The zero-order valence-corrected chi connectivity index (χ0v) is 9.31. The first-order chi connectivity index (χ1) is 5.81. The van der Waals surface area contributed by atoms with Crippen molar-refractivity contribution in [3.8, 4) is 0 Å². The summed E-state index contributed by atoms with van der Waals surface area (Å²) in [7, 11) is 0. The molecule has 3 heteroatoms. The molecule has 86 valence electrons. The van der Waals surface area contributed by atoms with Crippen molar-refractivity contribution in [2.75, 3.05) is 6.54 Å². The molecule has 1 N–H and O–H groups in total. The highest BCUT2D eigenvalue weighted by Crippen LogP contribution is 2.07. The molecule has 0 aromatic rings. The van der Waals surface area contributed by atoms with Crippen molar-refractivity contribution in [3.05, 3.63) is 0 Å². The molecule has 0 spiro atoms. The van der Waals surface area contributed by atoms with Gasteiger partial charge in [-0.1, -0.05) is 21.3 Å². The molecule has 0 aliphatic carbocycles. The Labute approximate surface area is 88.2 Å². The number of hydrogen-bond acceptors (Lipinski definition) is 3. The Hall–Kier alpha value is -0.570. The number of esters is 1. The van der Waals surface area contributed by atoms with Crippen LogP contribution in [-0.4, -0.2) is 24.2 Å².